The molecular weight excluding hydrogens is 442 g/mol. The molecule has 0 spiro atoms. The van der Waals surface area contributed by atoms with Crippen LogP contribution >= 0.6 is 0 Å². The van der Waals surface area contributed by atoms with Crippen molar-refractivity contribution >= 4 is 23.3 Å². The van der Waals surface area contributed by atoms with Gasteiger partial charge in [0.1, 0.15) is 11.6 Å². The summed E-state index contributed by atoms with van der Waals surface area (Å²) in [6, 6.07) is 9.31. The Kier molecular flexibility index (Phi) is 8.22. The molecule has 0 radical (unpaired) electrons. The van der Waals surface area contributed by atoms with Gasteiger partial charge in [-0.05, 0) is 75.6 Å². The van der Waals surface area contributed by atoms with E-state index < -0.39 is 23.3 Å². The normalized spacial score (nSPS) is 15.1. The lowest BCUT2D eigenvalue weighted by Gasteiger charge is -2.39. The summed E-state index contributed by atoms with van der Waals surface area (Å²) in [6.07, 6.45) is 1.53. The number of nitrogens with zero attached hydrogens (tertiary/aromatic N) is 2. The summed E-state index contributed by atoms with van der Waals surface area (Å²) in [5.74, 6) is -1.07. The molecule has 1 heterocycles. The van der Waals surface area contributed by atoms with Gasteiger partial charge >= 0.3 is 6.03 Å². The Labute approximate surface area is 199 Å². The van der Waals surface area contributed by atoms with Crippen molar-refractivity contribution in [2.45, 2.75) is 58.7 Å². The summed E-state index contributed by atoms with van der Waals surface area (Å²) in [7, 11) is 0. The van der Waals surface area contributed by atoms with Gasteiger partial charge in [0.05, 0.1) is 17.3 Å². The second-order valence-electron chi connectivity index (χ2n) is 9.46. The molecule has 0 unspecified atom stereocenters. The molecule has 9 heteroatoms. The number of rotatable bonds is 6. The van der Waals surface area contributed by atoms with Gasteiger partial charge in [-0.3, -0.25) is 14.5 Å². The van der Waals surface area contributed by atoms with Crippen molar-refractivity contribution in [3.63, 3.8) is 0 Å². The predicted octanol–water partition coefficient (Wildman–Crippen LogP) is 5.15. The third kappa shape index (κ3) is 7.50. The van der Waals surface area contributed by atoms with Crippen molar-refractivity contribution < 1.29 is 23.2 Å². The number of hydrogen-bond acceptors (Lipinski definition) is 4. The van der Waals surface area contributed by atoms with E-state index in [1.165, 1.54) is 42.3 Å². The number of piperidine rings is 1. The molecule has 34 heavy (non-hydrogen) atoms. The number of hydrogen-bond donors (Lipinski definition) is 2. The fourth-order valence-corrected chi connectivity index (χ4v) is 3.85. The van der Waals surface area contributed by atoms with Crippen LogP contribution in [0.1, 0.15) is 46.1 Å². The lowest BCUT2D eigenvalue weighted by atomic mass is 10.0. The zero-order valence-electron chi connectivity index (χ0n) is 20.0. The van der Waals surface area contributed by atoms with Crippen LogP contribution in [0, 0.1) is 11.6 Å². The Morgan fingerprint density at radius 3 is 2.29 bits per heavy atom. The van der Waals surface area contributed by atoms with Crippen molar-refractivity contribution in [3.05, 3.63) is 59.7 Å². The minimum Gasteiger partial charge on any atom is -0.308 e. The highest BCUT2D eigenvalue weighted by atomic mass is 19.1. The molecule has 1 aliphatic rings. The van der Waals surface area contributed by atoms with Gasteiger partial charge in [-0.15, -0.1) is 0 Å². The summed E-state index contributed by atoms with van der Waals surface area (Å²) in [5.41, 5.74) is 0.858. The van der Waals surface area contributed by atoms with Gasteiger partial charge in [-0.1, -0.05) is 6.07 Å². The number of anilines is 2. The maximum atomic E-state index is 14.3. The molecule has 3 amide bonds. The molecule has 0 bridgehead atoms. The summed E-state index contributed by atoms with van der Waals surface area (Å²) < 4.78 is 27.3. The average molecular weight is 475 g/mol. The number of amides is 3. The van der Waals surface area contributed by atoms with E-state index in [2.05, 4.69) is 15.5 Å². The SMILES string of the molecule is CC(=O)N(OC(C)(C)C)C1CCN(Cc2ccc(F)c(NC(=O)Nc3ccc(F)cc3)c2)CC1. The highest BCUT2D eigenvalue weighted by Gasteiger charge is 2.30. The van der Waals surface area contributed by atoms with Crippen molar-refractivity contribution in [3.8, 4) is 0 Å². The molecule has 2 aromatic carbocycles. The van der Waals surface area contributed by atoms with E-state index in [9.17, 15) is 18.4 Å². The first-order valence-electron chi connectivity index (χ1n) is 11.3. The van der Waals surface area contributed by atoms with E-state index in [0.29, 0.717) is 12.2 Å². The number of nitrogens with one attached hydrogen (secondary N) is 2. The molecule has 1 saturated heterocycles. The van der Waals surface area contributed by atoms with Crippen LogP contribution in [0.15, 0.2) is 42.5 Å². The monoisotopic (exact) mass is 474 g/mol. The second kappa shape index (κ2) is 10.9. The summed E-state index contributed by atoms with van der Waals surface area (Å²) in [5, 5.41) is 6.55. The van der Waals surface area contributed by atoms with Crippen molar-refractivity contribution in [2.75, 3.05) is 23.7 Å². The van der Waals surface area contributed by atoms with Crippen LogP contribution < -0.4 is 10.6 Å². The third-order valence-corrected chi connectivity index (χ3v) is 5.36. The van der Waals surface area contributed by atoms with Crippen LogP contribution in [-0.2, 0) is 16.2 Å². The number of hydroxylamine groups is 2. The zero-order valence-corrected chi connectivity index (χ0v) is 20.0. The van der Waals surface area contributed by atoms with E-state index in [4.69, 9.17) is 4.84 Å². The van der Waals surface area contributed by atoms with E-state index in [1.54, 1.807) is 12.1 Å². The number of likely N-dealkylation sites (tertiary alicyclic amines) is 1. The molecular formula is C25H32F2N4O3. The second-order valence-corrected chi connectivity index (χ2v) is 9.46. The molecule has 3 rings (SSSR count). The molecule has 2 N–H and O–H groups in total. The Hall–Kier alpha value is -3.04. The highest BCUT2D eigenvalue weighted by Crippen LogP contribution is 2.24. The average Bonchev–Trinajstić information content (AvgIpc) is 2.76. The minimum absolute atomic E-state index is 0.00794. The van der Waals surface area contributed by atoms with Crippen molar-refractivity contribution in [1.29, 1.82) is 0 Å². The van der Waals surface area contributed by atoms with Crippen LogP contribution in [0.3, 0.4) is 0 Å². The van der Waals surface area contributed by atoms with Gasteiger partial charge in [0.15, 0.2) is 0 Å². The minimum atomic E-state index is -0.619. The van der Waals surface area contributed by atoms with E-state index >= 15 is 0 Å². The van der Waals surface area contributed by atoms with Crippen LogP contribution in [0.5, 0.6) is 0 Å². The standard InChI is InChI=1S/C25H32F2N4O3/c1-17(32)31(34-25(2,3)4)21-11-13-30(14-12-21)16-18-5-10-22(27)23(15-18)29-24(33)28-20-8-6-19(26)7-9-20/h5-10,15,21H,11-14,16H2,1-4H3,(H2,28,29,33). The molecule has 0 atom stereocenters. The predicted molar refractivity (Wildman–Crippen MR) is 127 cm³/mol. The molecule has 2 aromatic rings. The number of benzene rings is 2. The highest BCUT2D eigenvalue weighted by molar-refractivity contribution is 5.99. The third-order valence-electron chi connectivity index (χ3n) is 5.36. The molecule has 0 aliphatic carbocycles. The van der Waals surface area contributed by atoms with Gasteiger partial charge in [0, 0.05) is 32.2 Å². The first kappa shape index (κ1) is 25.6. The fourth-order valence-electron chi connectivity index (χ4n) is 3.85. The van der Waals surface area contributed by atoms with Crippen LogP contribution in [0.4, 0.5) is 25.0 Å². The quantitative estimate of drug-likeness (QED) is 0.568. The van der Waals surface area contributed by atoms with Gasteiger partial charge in [-0.2, -0.15) is 0 Å². The topological polar surface area (TPSA) is 73.9 Å². The van der Waals surface area contributed by atoms with Crippen LogP contribution in [0.25, 0.3) is 0 Å². The van der Waals surface area contributed by atoms with E-state index in [1.807, 2.05) is 20.8 Å². The van der Waals surface area contributed by atoms with Crippen molar-refractivity contribution in [1.82, 2.24) is 9.96 Å². The number of urea groups is 1. The number of halogens is 2. The zero-order chi connectivity index (χ0) is 24.9. The molecule has 1 aliphatic heterocycles. The summed E-state index contributed by atoms with van der Waals surface area (Å²) in [4.78, 5) is 32.4. The van der Waals surface area contributed by atoms with E-state index in [0.717, 1.165) is 31.5 Å². The summed E-state index contributed by atoms with van der Waals surface area (Å²) in [6.45, 7) is 9.35. The lowest BCUT2D eigenvalue weighted by molar-refractivity contribution is -0.245. The Morgan fingerprint density at radius 2 is 1.71 bits per heavy atom. The smallest absolute Gasteiger partial charge is 0.308 e. The summed E-state index contributed by atoms with van der Waals surface area (Å²) >= 11 is 0. The van der Waals surface area contributed by atoms with Gasteiger partial charge < -0.3 is 10.6 Å². The Morgan fingerprint density at radius 1 is 1.06 bits per heavy atom. The van der Waals surface area contributed by atoms with Gasteiger partial charge in [-0.25, -0.2) is 18.6 Å². The maximum Gasteiger partial charge on any atom is 0.323 e. The van der Waals surface area contributed by atoms with Crippen LogP contribution in [0.2, 0.25) is 0 Å². The van der Waals surface area contributed by atoms with Gasteiger partial charge in [0.25, 0.3) is 0 Å². The Balaban J connectivity index is 1.56. The molecule has 7 nitrogen and oxygen atoms in total. The first-order chi connectivity index (χ1) is 16.0. The van der Waals surface area contributed by atoms with Crippen LogP contribution in [-0.4, -0.2) is 46.6 Å². The molecule has 184 valence electrons. The number of carbonyl (C=O) groups excluding carboxylic acids is 2. The Bertz CT molecular complexity index is 1000. The molecule has 1 fully saturated rings. The van der Waals surface area contributed by atoms with Crippen molar-refractivity contribution in [2.24, 2.45) is 0 Å². The molecule has 0 saturated carbocycles. The first-order valence-corrected chi connectivity index (χ1v) is 11.3. The lowest BCUT2D eigenvalue weighted by Crippen LogP contribution is -2.49. The fraction of sp³-hybridized carbons (Fsp3) is 0.440. The largest absolute Gasteiger partial charge is 0.323 e. The van der Waals surface area contributed by atoms with Gasteiger partial charge in [0.2, 0.25) is 5.91 Å². The maximum absolute atomic E-state index is 14.3. The van der Waals surface area contributed by atoms with E-state index in [-0.39, 0.29) is 17.6 Å². The molecule has 0 aromatic heterocycles. The number of carbonyl (C=O) groups is 2.